The highest BCUT2D eigenvalue weighted by Crippen LogP contribution is 2.43. The second-order valence-electron chi connectivity index (χ2n) is 7.01. The topological polar surface area (TPSA) is 60.7 Å². The van der Waals surface area contributed by atoms with E-state index in [2.05, 4.69) is 19.1 Å². The molecule has 0 radical (unpaired) electrons. The van der Waals surface area contributed by atoms with E-state index >= 15 is 0 Å². The molecule has 0 fully saturated rings. The third-order valence-corrected chi connectivity index (χ3v) is 5.13. The quantitative estimate of drug-likeness (QED) is 0.357. The minimum atomic E-state index is -0.515. The maximum Gasteiger partial charge on any atom is 0.115 e. The Hall–Kier alpha value is -3.20. The van der Waals surface area contributed by atoms with Crippen LogP contribution in [0.15, 0.2) is 84.9 Å². The van der Waals surface area contributed by atoms with E-state index in [1.807, 2.05) is 36.4 Å². The van der Waals surface area contributed by atoms with Crippen LogP contribution in [0.5, 0.6) is 17.2 Å². The summed E-state index contributed by atoms with van der Waals surface area (Å²) in [5, 5.41) is 29.4. The van der Waals surface area contributed by atoms with Gasteiger partial charge < -0.3 is 15.3 Å². The van der Waals surface area contributed by atoms with Gasteiger partial charge >= 0.3 is 0 Å². The molecule has 0 bridgehead atoms. The van der Waals surface area contributed by atoms with Gasteiger partial charge in [0.2, 0.25) is 0 Å². The number of benzene rings is 3. The first-order valence-corrected chi connectivity index (χ1v) is 9.60. The Balaban J connectivity index is 2.24. The lowest BCUT2D eigenvalue weighted by molar-refractivity contribution is 0.473. The maximum atomic E-state index is 9.80. The number of hydrogen-bond donors (Lipinski definition) is 3. The lowest BCUT2D eigenvalue weighted by Crippen LogP contribution is -2.28. The van der Waals surface area contributed by atoms with Crippen LogP contribution >= 0.6 is 0 Å². The molecule has 0 aliphatic carbocycles. The average Bonchev–Trinajstić information content (AvgIpc) is 2.71. The predicted octanol–water partition coefficient (Wildman–Crippen LogP) is 5.88. The van der Waals surface area contributed by atoms with Crippen LogP contribution in [0.3, 0.4) is 0 Å². The summed E-state index contributed by atoms with van der Waals surface area (Å²) in [4.78, 5) is 0. The van der Waals surface area contributed by atoms with Crippen LogP contribution in [0.4, 0.5) is 0 Å². The van der Waals surface area contributed by atoms with Crippen molar-refractivity contribution < 1.29 is 15.3 Å². The van der Waals surface area contributed by atoms with E-state index < -0.39 is 5.41 Å². The van der Waals surface area contributed by atoms with Crippen molar-refractivity contribution in [3.05, 3.63) is 102 Å². The predicted molar refractivity (Wildman–Crippen MR) is 113 cm³/mol. The van der Waals surface area contributed by atoms with Gasteiger partial charge in [-0.05, 0) is 65.9 Å². The highest BCUT2D eigenvalue weighted by atomic mass is 16.3. The molecule has 0 aromatic heterocycles. The van der Waals surface area contributed by atoms with Crippen molar-refractivity contribution in [3.8, 4) is 17.2 Å². The molecule has 3 heteroatoms. The number of allylic oxidation sites excluding steroid dienone is 2. The molecule has 0 atom stereocenters. The summed E-state index contributed by atoms with van der Waals surface area (Å²) in [6.07, 6.45) is 7.19. The summed E-state index contributed by atoms with van der Waals surface area (Å²) in [5.74, 6) is 0.654. The van der Waals surface area contributed by atoms with Gasteiger partial charge in [-0.25, -0.2) is 0 Å². The Morgan fingerprint density at radius 2 is 0.964 bits per heavy atom. The average molecular weight is 374 g/mol. The molecule has 3 N–H and O–H groups in total. The molecule has 0 aliphatic rings. The SMILES string of the molecule is CCCC=CCC(c1ccc(O)cc1)(c1ccc(O)cc1)c1ccc(O)cc1. The summed E-state index contributed by atoms with van der Waals surface area (Å²) in [5.41, 5.74) is 2.58. The zero-order chi connectivity index (χ0) is 20.0. The van der Waals surface area contributed by atoms with E-state index in [0.29, 0.717) is 6.42 Å². The molecular weight excluding hydrogens is 348 g/mol. The minimum Gasteiger partial charge on any atom is -0.508 e. The summed E-state index contributed by atoms with van der Waals surface area (Å²) in [6.45, 7) is 2.15. The highest BCUT2D eigenvalue weighted by molar-refractivity contribution is 5.53. The van der Waals surface area contributed by atoms with E-state index in [0.717, 1.165) is 29.5 Å². The zero-order valence-electron chi connectivity index (χ0n) is 16.0. The Bertz CT molecular complexity index is 797. The van der Waals surface area contributed by atoms with Crippen molar-refractivity contribution in [1.82, 2.24) is 0 Å². The van der Waals surface area contributed by atoms with Crippen molar-refractivity contribution in [2.45, 2.75) is 31.6 Å². The van der Waals surface area contributed by atoms with Crippen molar-refractivity contribution in [3.63, 3.8) is 0 Å². The molecule has 0 saturated heterocycles. The second-order valence-corrected chi connectivity index (χ2v) is 7.01. The Morgan fingerprint density at radius 1 is 0.607 bits per heavy atom. The molecule has 3 aromatic carbocycles. The van der Waals surface area contributed by atoms with E-state index in [1.165, 1.54) is 0 Å². The van der Waals surface area contributed by atoms with E-state index in [-0.39, 0.29) is 17.2 Å². The molecule has 0 aliphatic heterocycles. The molecule has 0 spiro atoms. The monoisotopic (exact) mass is 374 g/mol. The van der Waals surface area contributed by atoms with Crippen LogP contribution < -0.4 is 0 Å². The van der Waals surface area contributed by atoms with Crippen molar-refractivity contribution in [1.29, 1.82) is 0 Å². The van der Waals surface area contributed by atoms with Gasteiger partial charge in [0.1, 0.15) is 17.2 Å². The van der Waals surface area contributed by atoms with E-state index in [1.54, 1.807) is 36.4 Å². The van der Waals surface area contributed by atoms with Crippen LogP contribution in [-0.4, -0.2) is 15.3 Å². The molecule has 0 heterocycles. The first-order valence-electron chi connectivity index (χ1n) is 9.60. The number of aromatic hydroxyl groups is 3. The number of unbranched alkanes of at least 4 members (excludes halogenated alkanes) is 1. The van der Waals surface area contributed by atoms with Crippen molar-refractivity contribution in [2.75, 3.05) is 0 Å². The lowest BCUT2D eigenvalue weighted by Gasteiger charge is -2.35. The Labute approximate surface area is 166 Å². The van der Waals surface area contributed by atoms with Gasteiger partial charge in [-0.3, -0.25) is 0 Å². The largest absolute Gasteiger partial charge is 0.508 e. The number of phenols is 3. The summed E-state index contributed by atoms with van der Waals surface area (Å²) < 4.78 is 0. The smallest absolute Gasteiger partial charge is 0.115 e. The van der Waals surface area contributed by atoms with Crippen LogP contribution in [-0.2, 0) is 5.41 Å². The fourth-order valence-corrected chi connectivity index (χ4v) is 3.64. The normalized spacial score (nSPS) is 11.8. The third-order valence-electron chi connectivity index (χ3n) is 5.13. The molecule has 3 nitrogen and oxygen atoms in total. The van der Waals surface area contributed by atoms with Gasteiger partial charge in [0.25, 0.3) is 0 Å². The highest BCUT2D eigenvalue weighted by Gasteiger charge is 2.35. The molecule has 0 amide bonds. The van der Waals surface area contributed by atoms with E-state index in [4.69, 9.17) is 0 Å². The standard InChI is InChI=1S/C25H26O3/c1-2-3-4-5-18-25(19-6-12-22(26)13-7-19,20-8-14-23(27)15-9-20)21-10-16-24(28)17-11-21/h4-17,26-28H,2-3,18H2,1H3. The number of phenolic OH excluding ortho intramolecular Hbond substituents is 3. The van der Waals surface area contributed by atoms with Crippen LogP contribution in [0, 0.1) is 0 Å². The van der Waals surface area contributed by atoms with Crippen molar-refractivity contribution in [2.24, 2.45) is 0 Å². The Kier molecular flexibility index (Phi) is 6.05. The molecule has 144 valence electrons. The van der Waals surface area contributed by atoms with Gasteiger partial charge in [-0.15, -0.1) is 0 Å². The number of hydrogen-bond acceptors (Lipinski definition) is 3. The fourth-order valence-electron chi connectivity index (χ4n) is 3.64. The summed E-state index contributed by atoms with van der Waals surface area (Å²) in [7, 11) is 0. The minimum absolute atomic E-state index is 0.218. The summed E-state index contributed by atoms with van der Waals surface area (Å²) >= 11 is 0. The molecular formula is C25H26O3. The maximum absolute atomic E-state index is 9.80. The van der Waals surface area contributed by atoms with Gasteiger partial charge in [-0.2, -0.15) is 0 Å². The third kappa shape index (κ3) is 4.04. The van der Waals surface area contributed by atoms with Gasteiger partial charge in [-0.1, -0.05) is 61.9 Å². The zero-order valence-corrected chi connectivity index (χ0v) is 16.0. The van der Waals surface area contributed by atoms with Crippen molar-refractivity contribution >= 4 is 0 Å². The lowest BCUT2D eigenvalue weighted by atomic mass is 9.67. The van der Waals surface area contributed by atoms with Gasteiger partial charge in [0, 0.05) is 5.41 Å². The molecule has 0 unspecified atom stereocenters. The second kappa shape index (κ2) is 8.66. The van der Waals surface area contributed by atoms with Crippen LogP contribution in [0.1, 0.15) is 42.9 Å². The molecule has 3 aromatic rings. The van der Waals surface area contributed by atoms with Gasteiger partial charge in [0.05, 0.1) is 0 Å². The molecule has 3 rings (SSSR count). The summed E-state index contributed by atoms with van der Waals surface area (Å²) in [6, 6.07) is 21.8. The van der Waals surface area contributed by atoms with Crippen LogP contribution in [0.25, 0.3) is 0 Å². The first-order chi connectivity index (χ1) is 13.6. The first kappa shape index (κ1) is 19.6. The number of rotatable bonds is 7. The Morgan fingerprint density at radius 3 is 1.29 bits per heavy atom. The molecule has 28 heavy (non-hydrogen) atoms. The molecule has 0 saturated carbocycles. The van der Waals surface area contributed by atoms with Gasteiger partial charge in [0.15, 0.2) is 0 Å². The van der Waals surface area contributed by atoms with E-state index in [9.17, 15) is 15.3 Å². The fraction of sp³-hybridized carbons (Fsp3) is 0.200. The van der Waals surface area contributed by atoms with Crippen LogP contribution in [0.2, 0.25) is 0 Å².